The molecule has 0 aliphatic carbocycles. The Morgan fingerprint density at radius 3 is 2.90 bits per heavy atom. The maximum Gasteiger partial charge on any atom is 0.126 e. The van der Waals surface area contributed by atoms with E-state index in [4.69, 9.17) is 15.2 Å². The van der Waals surface area contributed by atoms with Crippen LogP contribution in [-0.2, 0) is 20.3 Å². The molecule has 1 spiro atoms. The van der Waals surface area contributed by atoms with Gasteiger partial charge in [-0.1, -0.05) is 0 Å². The zero-order valence-corrected chi connectivity index (χ0v) is 12.0. The van der Waals surface area contributed by atoms with Crippen molar-refractivity contribution in [2.45, 2.75) is 35.0 Å². The Bertz CT molecular complexity index is 511. The molecule has 2 aliphatic heterocycles. The first kappa shape index (κ1) is 14.0. The maximum absolute atomic E-state index is 13.4. The standard InChI is InChI=1S/C14H18FNO3S/c15-10-5-11(16)7-13(6-10)20(17)12-1-3-19-14(8-12)2-4-18-9-14/h5-7,12H,1-4,8-9,16H2. The summed E-state index contributed by atoms with van der Waals surface area (Å²) < 4.78 is 37.3. The molecule has 0 radical (unpaired) electrons. The molecular formula is C14H18FNO3S. The maximum atomic E-state index is 13.4. The van der Waals surface area contributed by atoms with Gasteiger partial charge in [-0.05, 0) is 31.0 Å². The van der Waals surface area contributed by atoms with Gasteiger partial charge in [0.25, 0.3) is 0 Å². The second kappa shape index (κ2) is 5.42. The third-order valence-corrected chi connectivity index (χ3v) is 5.65. The molecule has 3 unspecified atom stereocenters. The molecular weight excluding hydrogens is 281 g/mol. The Morgan fingerprint density at radius 1 is 1.35 bits per heavy atom. The smallest absolute Gasteiger partial charge is 0.126 e. The first-order valence-corrected chi connectivity index (χ1v) is 7.98. The van der Waals surface area contributed by atoms with E-state index in [1.54, 1.807) is 6.07 Å². The largest absolute Gasteiger partial charge is 0.399 e. The van der Waals surface area contributed by atoms with Crippen molar-refractivity contribution in [1.82, 2.24) is 0 Å². The van der Waals surface area contributed by atoms with Gasteiger partial charge < -0.3 is 15.2 Å². The molecule has 0 aromatic heterocycles. The summed E-state index contributed by atoms with van der Waals surface area (Å²) in [5, 5.41) is -0.0355. The van der Waals surface area contributed by atoms with Crippen molar-refractivity contribution in [3.8, 4) is 0 Å². The van der Waals surface area contributed by atoms with E-state index >= 15 is 0 Å². The molecule has 3 atom stereocenters. The zero-order chi connectivity index (χ0) is 14.2. The van der Waals surface area contributed by atoms with Crippen LogP contribution in [0.1, 0.15) is 19.3 Å². The zero-order valence-electron chi connectivity index (χ0n) is 11.1. The summed E-state index contributed by atoms with van der Waals surface area (Å²) in [4.78, 5) is 0.462. The van der Waals surface area contributed by atoms with Crippen LogP contribution in [0.3, 0.4) is 0 Å². The van der Waals surface area contributed by atoms with Crippen LogP contribution in [0, 0.1) is 5.82 Å². The molecule has 2 fully saturated rings. The predicted octanol–water partition coefficient (Wildman–Crippen LogP) is 1.85. The van der Waals surface area contributed by atoms with Crippen LogP contribution < -0.4 is 5.73 Å². The van der Waals surface area contributed by atoms with Crippen molar-refractivity contribution >= 4 is 16.5 Å². The molecule has 2 saturated heterocycles. The number of ether oxygens (including phenoxy) is 2. The average molecular weight is 299 g/mol. The summed E-state index contributed by atoms with van der Waals surface area (Å²) in [5.74, 6) is -0.445. The van der Waals surface area contributed by atoms with Gasteiger partial charge in [-0.25, -0.2) is 4.39 Å². The quantitative estimate of drug-likeness (QED) is 0.847. The number of benzene rings is 1. The Kier molecular flexibility index (Phi) is 3.79. The van der Waals surface area contributed by atoms with Gasteiger partial charge in [-0.15, -0.1) is 0 Å². The molecule has 2 heterocycles. The first-order chi connectivity index (χ1) is 9.58. The van der Waals surface area contributed by atoms with Crippen LogP contribution in [0.5, 0.6) is 0 Å². The van der Waals surface area contributed by atoms with Gasteiger partial charge in [0.1, 0.15) is 5.82 Å². The van der Waals surface area contributed by atoms with Crippen molar-refractivity contribution in [3.05, 3.63) is 24.0 Å². The van der Waals surface area contributed by atoms with Crippen LogP contribution in [0.25, 0.3) is 0 Å². The minimum absolute atomic E-state index is 0.0355. The van der Waals surface area contributed by atoms with Crippen LogP contribution in [0.15, 0.2) is 23.1 Å². The van der Waals surface area contributed by atoms with E-state index in [0.717, 1.165) is 6.42 Å². The topological polar surface area (TPSA) is 61.6 Å². The Labute approximate surface area is 119 Å². The first-order valence-electron chi connectivity index (χ1n) is 6.76. The fraction of sp³-hybridized carbons (Fsp3) is 0.571. The minimum Gasteiger partial charge on any atom is -0.399 e. The highest BCUT2D eigenvalue weighted by atomic mass is 32.2. The molecule has 4 nitrogen and oxygen atoms in total. The minimum atomic E-state index is -1.27. The summed E-state index contributed by atoms with van der Waals surface area (Å²) in [5.41, 5.74) is 5.63. The molecule has 0 saturated carbocycles. The lowest BCUT2D eigenvalue weighted by Crippen LogP contribution is -2.43. The third-order valence-electron chi connectivity index (χ3n) is 3.94. The molecule has 0 bridgehead atoms. The fourth-order valence-corrected chi connectivity index (χ4v) is 4.55. The summed E-state index contributed by atoms with van der Waals surface area (Å²) >= 11 is 0. The van der Waals surface area contributed by atoms with Crippen LogP contribution >= 0.6 is 0 Å². The lowest BCUT2D eigenvalue weighted by molar-refractivity contribution is -0.0774. The van der Waals surface area contributed by atoms with Crippen molar-refractivity contribution in [1.29, 1.82) is 0 Å². The summed E-state index contributed by atoms with van der Waals surface area (Å²) in [6.45, 7) is 1.82. The van der Waals surface area contributed by atoms with Crippen LogP contribution in [0.4, 0.5) is 10.1 Å². The lowest BCUT2D eigenvalue weighted by Gasteiger charge is -2.36. The molecule has 1 aromatic rings. The number of nitrogens with two attached hydrogens (primary N) is 1. The molecule has 2 N–H and O–H groups in total. The molecule has 1 aromatic carbocycles. The van der Waals surface area contributed by atoms with E-state index in [-0.39, 0.29) is 10.9 Å². The molecule has 110 valence electrons. The lowest BCUT2D eigenvalue weighted by atomic mass is 9.93. The summed E-state index contributed by atoms with van der Waals surface area (Å²) in [6.07, 6.45) is 2.24. The number of nitrogen functional groups attached to an aromatic ring is 1. The molecule has 2 aliphatic rings. The molecule has 6 heteroatoms. The summed E-state index contributed by atoms with van der Waals surface area (Å²) in [7, 11) is -1.27. The van der Waals surface area contributed by atoms with Gasteiger partial charge >= 0.3 is 0 Å². The van der Waals surface area contributed by atoms with Gasteiger partial charge in [0.05, 0.1) is 23.0 Å². The van der Waals surface area contributed by atoms with Crippen LogP contribution in [-0.4, -0.2) is 34.9 Å². The highest BCUT2D eigenvalue weighted by molar-refractivity contribution is 7.85. The van der Waals surface area contributed by atoms with Crippen molar-refractivity contribution in [2.75, 3.05) is 25.6 Å². The van der Waals surface area contributed by atoms with Crippen molar-refractivity contribution < 1.29 is 18.1 Å². The van der Waals surface area contributed by atoms with Gasteiger partial charge in [0.15, 0.2) is 0 Å². The number of anilines is 1. The number of hydrogen-bond donors (Lipinski definition) is 1. The van der Waals surface area contributed by atoms with Crippen molar-refractivity contribution in [2.24, 2.45) is 0 Å². The highest BCUT2D eigenvalue weighted by Gasteiger charge is 2.42. The number of halogens is 1. The van der Waals surface area contributed by atoms with E-state index in [2.05, 4.69) is 0 Å². The normalized spacial score (nSPS) is 31.6. The third kappa shape index (κ3) is 2.73. The fourth-order valence-electron chi connectivity index (χ4n) is 2.92. The monoisotopic (exact) mass is 299 g/mol. The number of rotatable bonds is 2. The van der Waals surface area contributed by atoms with E-state index in [1.807, 2.05) is 0 Å². The summed E-state index contributed by atoms with van der Waals surface area (Å²) in [6, 6.07) is 4.13. The van der Waals surface area contributed by atoms with Crippen molar-refractivity contribution in [3.63, 3.8) is 0 Å². The second-order valence-corrected chi connectivity index (χ2v) is 7.20. The molecule has 3 rings (SSSR count). The van der Waals surface area contributed by atoms with Crippen LogP contribution in [0.2, 0.25) is 0 Å². The van der Waals surface area contributed by atoms with E-state index in [0.29, 0.717) is 43.2 Å². The SMILES string of the molecule is Nc1cc(F)cc(S(=O)C2CCOC3(CCOC3)C2)c1. The molecule has 0 amide bonds. The highest BCUT2D eigenvalue weighted by Crippen LogP contribution is 2.36. The Morgan fingerprint density at radius 2 is 2.20 bits per heavy atom. The number of hydrogen-bond acceptors (Lipinski definition) is 4. The van der Waals surface area contributed by atoms with Gasteiger partial charge in [-0.2, -0.15) is 0 Å². The second-order valence-electron chi connectivity index (χ2n) is 5.47. The van der Waals surface area contributed by atoms with Gasteiger partial charge in [0, 0.05) is 35.5 Å². The van der Waals surface area contributed by atoms with E-state index in [1.165, 1.54) is 12.1 Å². The average Bonchev–Trinajstić information content (AvgIpc) is 2.85. The predicted molar refractivity (Wildman–Crippen MR) is 74.4 cm³/mol. The molecule has 20 heavy (non-hydrogen) atoms. The Balaban J connectivity index is 1.79. The van der Waals surface area contributed by atoms with Gasteiger partial charge in [0.2, 0.25) is 0 Å². The van der Waals surface area contributed by atoms with E-state index in [9.17, 15) is 8.60 Å². The van der Waals surface area contributed by atoms with E-state index < -0.39 is 16.6 Å². The van der Waals surface area contributed by atoms with Gasteiger partial charge in [-0.3, -0.25) is 4.21 Å². The Hall–Kier alpha value is -0.980.